The van der Waals surface area contributed by atoms with Gasteiger partial charge < -0.3 is 10.4 Å². The molecule has 0 aliphatic heterocycles. The van der Waals surface area contributed by atoms with Gasteiger partial charge >= 0.3 is 5.97 Å². The number of nitrogens with one attached hydrogen (secondary N) is 1. The highest BCUT2D eigenvalue weighted by Gasteiger charge is 2.14. The summed E-state index contributed by atoms with van der Waals surface area (Å²) < 4.78 is 0. The van der Waals surface area contributed by atoms with E-state index in [9.17, 15) is 9.59 Å². The Bertz CT molecular complexity index is 537. The molecule has 1 atom stereocenters. The number of hydrogen-bond donors (Lipinski definition) is 2. The highest BCUT2D eigenvalue weighted by atomic mass is 35.5. The van der Waals surface area contributed by atoms with Gasteiger partial charge in [-0.2, -0.15) is 5.26 Å². The quantitative estimate of drug-likeness (QED) is 0.867. The Hall–Kier alpha value is -2.06. The number of nitrogens with zero attached hydrogens (tertiary/aromatic N) is 1. The summed E-state index contributed by atoms with van der Waals surface area (Å²) in [5.74, 6) is -1.62. The highest BCUT2D eigenvalue weighted by Crippen LogP contribution is 2.21. The van der Waals surface area contributed by atoms with Crippen molar-refractivity contribution in [2.45, 2.75) is 19.8 Å². The lowest BCUT2D eigenvalue weighted by atomic mass is 10.0. The predicted octanol–water partition coefficient (Wildman–Crippen LogP) is 2.65. The van der Waals surface area contributed by atoms with Crippen LogP contribution in [0.5, 0.6) is 0 Å². The molecule has 19 heavy (non-hydrogen) atoms. The largest absolute Gasteiger partial charge is 0.481 e. The van der Waals surface area contributed by atoms with Gasteiger partial charge in [-0.1, -0.05) is 18.5 Å². The van der Waals surface area contributed by atoms with Crippen LogP contribution in [0.2, 0.25) is 5.02 Å². The molecule has 0 spiro atoms. The van der Waals surface area contributed by atoms with Crippen molar-refractivity contribution >= 4 is 29.2 Å². The van der Waals surface area contributed by atoms with Crippen LogP contribution in [0.25, 0.3) is 0 Å². The van der Waals surface area contributed by atoms with Crippen LogP contribution in [0.15, 0.2) is 18.2 Å². The lowest BCUT2D eigenvalue weighted by Gasteiger charge is -2.11. The SMILES string of the molecule is C[C@H](CCC(=O)O)C(=O)Nc1ccc(C#N)c(Cl)c1. The topological polar surface area (TPSA) is 90.2 Å². The van der Waals surface area contributed by atoms with Crippen molar-refractivity contribution in [3.8, 4) is 6.07 Å². The first-order valence-corrected chi connectivity index (χ1v) is 6.04. The van der Waals surface area contributed by atoms with Gasteiger partial charge in [0.05, 0.1) is 10.6 Å². The molecule has 1 aromatic carbocycles. The predicted molar refractivity (Wildman–Crippen MR) is 70.8 cm³/mol. The fourth-order valence-electron chi connectivity index (χ4n) is 1.42. The summed E-state index contributed by atoms with van der Waals surface area (Å²) in [6.07, 6.45) is 0.216. The van der Waals surface area contributed by atoms with E-state index in [1.165, 1.54) is 12.1 Å². The fourth-order valence-corrected chi connectivity index (χ4v) is 1.64. The first-order valence-electron chi connectivity index (χ1n) is 5.66. The van der Waals surface area contributed by atoms with E-state index in [1.54, 1.807) is 13.0 Å². The lowest BCUT2D eigenvalue weighted by Crippen LogP contribution is -2.21. The average molecular weight is 281 g/mol. The Morgan fingerprint density at radius 3 is 2.74 bits per heavy atom. The molecule has 0 fully saturated rings. The van der Waals surface area contributed by atoms with Crippen molar-refractivity contribution in [3.05, 3.63) is 28.8 Å². The maximum atomic E-state index is 11.8. The van der Waals surface area contributed by atoms with E-state index < -0.39 is 11.9 Å². The number of nitriles is 1. The maximum Gasteiger partial charge on any atom is 0.303 e. The minimum atomic E-state index is -0.930. The molecule has 0 saturated carbocycles. The molecule has 0 bridgehead atoms. The van der Waals surface area contributed by atoms with Crippen LogP contribution in [-0.2, 0) is 9.59 Å². The number of halogens is 1. The van der Waals surface area contributed by atoms with E-state index >= 15 is 0 Å². The van der Waals surface area contributed by atoms with Crippen molar-refractivity contribution in [1.82, 2.24) is 0 Å². The summed E-state index contributed by atoms with van der Waals surface area (Å²) in [7, 11) is 0. The smallest absolute Gasteiger partial charge is 0.303 e. The highest BCUT2D eigenvalue weighted by molar-refractivity contribution is 6.32. The number of anilines is 1. The first-order chi connectivity index (χ1) is 8.93. The van der Waals surface area contributed by atoms with Gasteiger partial charge in [-0.15, -0.1) is 0 Å². The molecule has 0 aliphatic rings. The van der Waals surface area contributed by atoms with E-state index in [1.807, 2.05) is 6.07 Å². The van der Waals surface area contributed by atoms with Crippen molar-refractivity contribution in [3.63, 3.8) is 0 Å². The summed E-state index contributed by atoms with van der Waals surface area (Å²) >= 11 is 5.84. The zero-order chi connectivity index (χ0) is 14.4. The molecule has 0 unspecified atom stereocenters. The number of carboxylic acids is 1. The third-order valence-corrected chi connectivity index (χ3v) is 2.91. The van der Waals surface area contributed by atoms with Gasteiger partial charge in [0.2, 0.25) is 5.91 Å². The van der Waals surface area contributed by atoms with E-state index in [-0.39, 0.29) is 23.8 Å². The molecule has 100 valence electrons. The van der Waals surface area contributed by atoms with E-state index in [2.05, 4.69) is 5.32 Å². The number of carbonyl (C=O) groups is 2. The molecule has 0 aliphatic carbocycles. The zero-order valence-electron chi connectivity index (χ0n) is 10.3. The van der Waals surface area contributed by atoms with E-state index in [4.69, 9.17) is 22.0 Å². The molecule has 1 aromatic rings. The Balaban J connectivity index is 2.64. The average Bonchev–Trinajstić information content (AvgIpc) is 2.36. The number of carbonyl (C=O) groups excluding carboxylic acids is 1. The number of benzene rings is 1. The second kappa shape index (κ2) is 6.76. The van der Waals surface area contributed by atoms with E-state index in [0.29, 0.717) is 11.3 Å². The van der Waals surface area contributed by atoms with Crippen LogP contribution in [0.4, 0.5) is 5.69 Å². The molecule has 0 heterocycles. The molecule has 2 N–H and O–H groups in total. The number of hydrogen-bond acceptors (Lipinski definition) is 3. The molecular weight excluding hydrogens is 268 g/mol. The number of amides is 1. The third-order valence-electron chi connectivity index (χ3n) is 2.60. The van der Waals surface area contributed by atoms with Crippen molar-refractivity contribution in [2.75, 3.05) is 5.32 Å². The molecule has 0 saturated heterocycles. The fraction of sp³-hybridized carbons (Fsp3) is 0.308. The second-order valence-electron chi connectivity index (χ2n) is 4.13. The molecule has 6 heteroatoms. The third kappa shape index (κ3) is 4.60. The Morgan fingerprint density at radius 1 is 1.53 bits per heavy atom. The normalized spacial score (nSPS) is 11.4. The Labute approximate surface area is 115 Å². The van der Waals surface area contributed by atoms with Gasteiger partial charge in [0.15, 0.2) is 0 Å². The van der Waals surface area contributed by atoms with Crippen LogP contribution in [0, 0.1) is 17.2 Å². The van der Waals surface area contributed by atoms with Gasteiger partial charge in [0.25, 0.3) is 0 Å². The summed E-state index contributed by atoms with van der Waals surface area (Å²) in [4.78, 5) is 22.2. The number of rotatable bonds is 5. The Kier molecular flexibility index (Phi) is 5.34. The summed E-state index contributed by atoms with van der Waals surface area (Å²) in [6, 6.07) is 6.50. The van der Waals surface area contributed by atoms with Gasteiger partial charge in [-0.25, -0.2) is 0 Å². The lowest BCUT2D eigenvalue weighted by molar-refractivity contribution is -0.137. The summed E-state index contributed by atoms with van der Waals surface area (Å²) in [6.45, 7) is 1.66. The van der Waals surface area contributed by atoms with Crippen LogP contribution in [0.1, 0.15) is 25.3 Å². The van der Waals surface area contributed by atoms with Crippen molar-refractivity contribution < 1.29 is 14.7 Å². The van der Waals surface area contributed by atoms with Crippen LogP contribution < -0.4 is 5.32 Å². The van der Waals surface area contributed by atoms with E-state index in [0.717, 1.165) is 0 Å². The van der Waals surface area contributed by atoms with Crippen LogP contribution in [0.3, 0.4) is 0 Å². The zero-order valence-corrected chi connectivity index (χ0v) is 11.1. The van der Waals surface area contributed by atoms with Crippen molar-refractivity contribution in [2.24, 2.45) is 5.92 Å². The molecule has 1 amide bonds. The van der Waals surface area contributed by atoms with Gasteiger partial charge in [-0.05, 0) is 24.6 Å². The Morgan fingerprint density at radius 2 is 2.21 bits per heavy atom. The van der Waals surface area contributed by atoms with Crippen LogP contribution >= 0.6 is 11.6 Å². The number of carboxylic acid groups (broad SMARTS) is 1. The minimum absolute atomic E-state index is 0.0529. The molecule has 1 rings (SSSR count). The maximum absolute atomic E-state index is 11.8. The second-order valence-corrected chi connectivity index (χ2v) is 4.54. The molecule has 0 aromatic heterocycles. The molecular formula is C13H13ClN2O3. The first kappa shape index (κ1) is 15.0. The summed E-state index contributed by atoms with van der Waals surface area (Å²) in [5.41, 5.74) is 0.815. The van der Waals surface area contributed by atoms with Crippen molar-refractivity contribution in [1.29, 1.82) is 5.26 Å². The monoisotopic (exact) mass is 280 g/mol. The summed E-state index contributed by atoms with van der Waals surface area (Å²) in [5, 5.41) is 20.2. The van der Waals surface area contributed by atoms with Gasteiger partial charge in [0.1, 0.15) is 6.07 Å². The standard InChI is InChI=1S/C13H13ClN2O3/c1-8(2-5-12(17)18)13(19)16-10-4-3-9(7-15)11(14)6-10/h3-4,6,8H,2,5H2,1H3,(H,16,19)(H,17,18)/t8-/m1/s1. The number of aliphatic carboxylic acids is 1. The minimum Gasteiger partial charge on any atom is -0.481 e. The van der Waals surface area contributed by atoms with Gasteiger partial charge in [-0.3, -0.25) is 9.59 Å². The van der Waals surface area contributed by atoms with Crippen LogP contribution in [-0.4, -0.2) is 17.0 Å². The van der Waals surface area contributed by atoms with Gasteiger partial charge in [0, 0.05) is 18.0 Å². The molecule has 5 nitrogen and oxygen atoms in total. The molecule has 0 radical (unpaired) electrons.